The van der Waals surface area contributed by atoms with Gasteiger partial charge in [-0.25, -0.2) is 0 Å². The van der Waals surface area contributed by atoms with Crippen molar-refractivity contribution < 1.29 is 13.7 Å². The highest BCUT2D eigenvalue weighted by Gasteiger charge is 2.30. The second-order valence-corrected chi connectivity index (χ2v) is 6.62. The van der Waals surface area contributed by atoms with Crippen molar-refractivity contribution in [2.45, 2.75) is 38.1 Å². The van der Waals surface area contributed by atoms with Crippen LogP contribution < -0.4 is 0 Å². The van der Waals surface area contributed by atoms with E-state index in [0.29, 0.717) is 24.7 Å². The fourth-order valence-corrected chi connectivity index (χ4v) is 3.36. The molecule has 0 spiro atoms. The minimum absolute atomic E-state index is 0.0611. The van der Waals surface area contributed by atoms with E-state index in [0.717, 1.165) is 36.8 Å². The van der Waals surface area contributed by atoms with Gasteiger partial charge < -0.3 is 13.8 Å². The molecule has 1 atom stereocenters. The Hall–Kier alpha value is -2.90. The fraction of sp³-hybridized carbons (Fsp3) is 0.444. The molecule has 1 saturated heterocycles. The number of furan rings is 1. The Morgan fingerprint density at radius 3 is 3.04 bits per heavy atom. The zero-order chi connectivity index (χ0) is 17.9. The van der Waals surface area contributed by atoms with Gasteiger partial charge >= 0.3 is 0 Å². The lowest BCUT2D eigenvalue weighted by molar-refractivity contribution is -0.133. The van der Waals surface area contributed by atoms with E-state index in [1.807, 2.05) is 24.2 Å². The lowest BCUT2D eigenvalue weighted by atomic mass is 10.1. The van der Waals surface area contributed by atoms with Crippen molar-refractivity contribution in [1.29, 1.82) is 0 Å². The maximum absolute atomic E-state index is 12.9. The third-order valence-corrected chi connectivity index (χ3v) is 4.70. The van der Waals surface area contributed by atoms with E-state index < -0.39 is 0 Å². The number of nitrogens with zero attached hydrogens (tertiary/aromatic N) is 5. The summed E-state index contributed by atoms with van der Waals surface area (Å²) in [5.74, 6) is 1.05. The molecule has 0 bridgehead atoms. The van der Waals surface area contributed by atoms with Gasteiger partial charge in [-0.15, -0.1) is 0 Å². The van der Waals surface area contributed by atoms with Gasteiger partial charge in [0.1, 0.15) is 0 Å². The molecule has 0 saturated carbocycles. The molecule has 26 heavy (non-hydrogen) atoms. The van der Waals surface area contributed by atoms with Crippen LogP contribution in [0, 0.1) is 0 Å². The van der Waals surface area contributed by atoms with E-state index in [1.165, 1.54) is 0 Å². The van der Waals surface area contributed by atoms with Crippen LogP contribution in [0.15, 0.2) is 39.9 Å². The van der Waals surface area contributed by atoms with Crippen molar-refractivity contribution >= 4 is 5.91 Å². The monoisotopic (exact) mass is 355 g/mol. The van der Waals surface area contributed by atoms with Gasteiger partial charge in [0.25, 0.3) is 5.89 Å². The molecule has 4 heterocycles. The standard InChI is InChI=1S/C18H21N5O3/c1-22-11-14(10-19-22)18-20-17(21-26-18)15-5-3-2-4-7-23(15)16(24)9-13-6-8-25-12-13/h6,8,10-12,15H,2-5,7,9H2,1H3. The summed E-state index contributed by atoms with van der Waals surface area (Å²) in [5.41, 5.74) is 1.65. The zero-order valence-electron chi connectivity index (χ0n) is 14.7. The molecule has 3 aromatic heterocycles. The molecule has 1 unspecified atom stereocenters. The Morgan fingerprint density at radius 1 is 1.35 bits per heavy atom. The molecule has 1 aliphatic heterocycles. The summed E-state index contributed by atoms with van der Waals surface area (Å²) in [5, 5.41) is 8.29. The molecule has 1 fully saturated rings. The van der Waals surface area contributed by atoms with E-state index in [-0.39, 0.29) is 11.9 Å². The van der Waals surface area contributed by atoms with Gasteiger partial charge in [0, 0.05) is 19.8 Å². The first-order chi connectivity index (χ1) is 12.7. The average Bonchev–Trinajstić information content (AvgIpc) is 3.35. The topological polar surface area (TPSA) is 90.2 Å². The number of hydrogen-bond donors (Lipinski definition) is 0. The number of carbonyl (C=O) groups is 1. The van der Waals surface area contributed by atoms with Crippen LogP contribution in [0.5, 0.6) is 0 Å². The lowest BCUT2D eigenvalue weighted by Crippen LogP contribution is -2.36. The summed E-state index contributed by atoms with van der Waals surface area (Å²) >= 11 is 0. The van der Waals surface area contributed by atoms with Crippen molar-refractivity contribution in [1.82, 2.24) is 24.8 Å². The van der Waals surface area contributed by atoms with E-state index in [1.54, 1.807) is 23.4 Å². The third-order valence-electron chi connectivity index (χ3n) is 4.70. The SMILES string of the molecule is Cn1cc(-c2nc(C3CCCCCN3C(=O)Cc3ccoc3)no2)cn1. The van der Waals surface area contributed by atoms with Crippen LogP contribution in [0.3, 0.4) is 0 Å². The van der Waals surface area contributed by atoms with Gasteiger partial charge in [-0.3, -0.25) is 9.48 Å². The van der Waals surface area contributed by atoms with E-state index in [9.17, 15) is 4.79 Å². The first-order valence-electron chi connectivity index (χ1n) is 8.84. The number of hydrogen-bond acceptors (Lipinski definition) is 6. The lowest BCUT2D eigenvalue weighted by Gasteiger charge is -2.27. The highest BCUT2D eigenvalue weighted by Crippen LogP contribution is 2.30. The fourth-order valence-electron chi connectivity index (χ4n) is 3.36. The minimum atomic E-state index is -0.161. The molecular weight excluding hydrogens is 334 g/mol. The summed E-state index contributed by atoms with van der Waals surface area (Å²) in [6.45, 7) is 0.706. The molecule has 4 rings (SSSR count). The molecule has 8 nitrogen and oxygen atoms in total. The number of amides is 1. The van der Waals surface area contributed by atoms with Crippen molar-refractivity contribution in [3.63, 3.8) is 0 Å². The van der Waals surface area contributed by atoms with Crippen molar-refractivity contribution in [2.24, 2.45) is 7.05 Å². The van der Waals surface area contributed by atoms with Crippen LogP contribution in [-0.4, -0.2) is 37.3 Å². The molecule has 1 amide bonds. The number of rotatable bonds is 4. The van der Waals surface area contributed by atoms with Crippen LogP contribution >= 0.6 is 0 Å². The molecule has 0 aromatic carbocycles. The highest BCUT2D eigenvalue weighted by atomic mass is 16.5. The quantitative estimate of drug-likeness (QED) is 0.715. The third kappa shape index (κ3) is 3.40. The smallest absolute Gasteiger partial charge is 0.261 e. The van der Waals surface area contributed by atoms with Crippen molar-refractivity contribution in [3.05, 3.63) is 42.4 Å². The van der Waals surface area contributed by atoms with Gasteiger partial charge in [-0.1, -0.05) is 18.0 Å². The van der Waals surface area contributed by atoms with E-state index in [2.05, 4.69) is 15.2 Å². The van der Waals surface area contributed by atoms with E-state index in [4.69, 9.17) is 8.94 Å². The Bertz CT molecular complexity index is 867. The number of aryl methyl sites for hydroxylation is 1. The Labute approximate surface area is 150 Å². The molecule has 1 aliphatic rings. The summed E-state index contributed by atoms with van der Waals surface area (Å²) < 4.78 is 12.2. The van der Waals surface area contributed by atoms with Crippen molar-refractivity contribution in [2.75, 3.05) is 6.54 Å². The second kappa shape index (κ2) is 7.15. The van der Waals surface area contributed by atoms with Crippen molar-refractivity contribution in [3.8, 4) is 11.5 Å². The summed E-state index contributed by atoms with van der Waals surface area (Å²) in [6.07, 6.45) is 11.0. The Morgan fingerprint density at radius 2 is 2.27 bits per heavy atom. The second-order valence-electron chi connectivity index (χ2n) is 6.62. The van der Waals surface area contributed by atoms with Gasteiger partial charge in [-0.05, 0) is 24.5 Å². The predicted octanol–water partition coefficient (Wildman–Crippen LogP) is 2.75. The molecular formula is C18H21N5O3. The first-order valence-corrected chi connectivity index (χ1v) is 8.84. The Kier molecular flexibility index (Phi) is 4.55. The van der Waals surface area contributed by atoms with Crippen LogP contribution in [-0.2, 0) is 18.3 Å². The van der Waals surface area contributed by atoms with E-state index >= 15 is 0 Å². The summed E-state index contributed by atoms with van der Waals surface area (Å²) in [6, 6.07) is 1.66. The minimum Gasteiger partial charge on any atom is -0.472 e. The molecule has 0 aliphatic carbocycles. The first kappa shape index (κ1) is 16.6. The molecule has 0 N–H and O–H groups in total. The van der Waals surface area contributed by atoms with Crippen LogP contribution in [0.25, 0.3) is 11.5 Å². The molecule has 136 valence electrons. The van der Waals surface area contributed by atoms with Gasteiger partial charge in [0.2, 0.25) is 5.91 Å². The van der Waals surface area contributed by atoms with Gasteiger partial charge in [-0.2, -0.15) is 10.1 Å². The summed E-state index contributed by atoms with van der Waals surface area (Å²) in [4.78, 5) is 19.3. The number of aromatic nitrogens is 4. The predicted molar refractivity (Wildman–Crippen MR) is 91.8 cm³/mol. The molecule has 8 heteroatoms. The van der Waals surface area contributed by atoms with Gasteiger partial charge in [0.15, 0.2) is 5.82 Å². The highest BCUT2D eigenvalue weighted by molar-refractivity contribution is 5.79. The average molecular weight is 355 g/mol. The summed E-state index contributed by atoms with van der Waals surface area (Å²) in [7, 11) is 1.84. The van der Waals surface area contributed by atoms with Gasteiger partial charge in [0.05, 0.1) is 36.7 Å². The van der Waals surface area contributed by atoms with Crippen LogP contribution in [0.4, 0.5) is 0 Å². The van der Waals surface area contributed by atoms with Crippen LogP contribution in [0.2, 0.25) is 0 Å². The maximum Gasteiger partial charge on any atom is 0.261 e. The number of likely N-dealkylation sites (tertiary alicyclic amines) is 1. The Balaban J connectivity index is 1.57. The molecule has 3 aromatic rings. The normalized spacial score (nSPS) is 18.0. The van der Waals surface area contributed by atoms with Crippen LogP contribution in [0.1, 0.15) is 43.1 Å². The largest absolute Gasteiger partial charge is 0.472 e. The maximum atomic E-state index is 12.9. The zero-order valence-corrected chi connectivity index (χ0v) is 14.7. The molecule has 0 radical (unpaired) electrons. The number of carbonyl (C=O) groups excluding carboxylic acids is 1.